The predicted octanol–water partition coefficient (Wildman–Crippen LogP) is 2.65. The van der Waals surface area contributed by atoms with Crippen LogP contribution in [0.2, 0.25) is 0 Å². The first-order valence-electron chi connectivity index (χ1n) is 8.77. The van der Waals surface area contributed by atoms with Gasteiger partial charge in [0.15, 0.2) is 0 Å². The van der Waals surface area contributed by atoms with Gasteiger partial charge in [-0.2, -0.15) is 0 Å². The lowest BCUT2D eigenvalue weighted by molar-refractivity contribution is -0.126. The quantitative estimate of drug-likeness (QED) is 0.681. The summed E-state index contributed by atoms with van der Waals surface area (Å²) in [6, 6.07) is 22.8. The molecular weight excluding hydrogens is 338 g/mol. The number of rotatable bonds is 7. The molecule has 2 N–H and O–H groups in total. The van der Waals surface area contributed by atoms with Gasteiger partial charge < -0.3 is 10.6 Å². The molecule has 136 valence electrons. The Labute approximate surface area is 158 Å². The van der Waals surface area contributed by atoms with E-state index in [4.69, 9.17) is 0 Å². The second-order valence-electron chi connectivity index (χ2n) is 6.10. The van der Waals surface area contributed by atoms with E-state index < -0.39 is 5.92 Å². The lowest BCUT2D eigenvalue weighted by atomic mass is 9.90. The predicted molar refractivity (Wildman–Crippen MR) is 104 cm³/mol. The third-order valence-corrected chi connectivity index (χ3v) is 4.19. The molecule has 1 heterocycles. The first-order valence-corrected chi connectivity index (χ1v) is 8.77. The molecule has 5 heteroatoms. The normalized spacial score (nSPS) is 10.4. The molecule has 0 radical (unpaired) electrons. The molecule has 0 aliphatic rings. The summed E-state index contributed by atoms with van der Waals surface area (Å²) in [6.07, 6.45) is 3.35. The molecule has 0 fully saturated rings. The van der Waals surface area contributed by atoms with Crippen molar-refractivity contribution in [1.82, 2.24) is 15.6 Å². The van der Waals surface area contributed by atoms with Gasteiger partial charge in [-0.1, -0.05) is 60.7 Å². The number of aromatic nitrogens is 1. The van der Waals surface area contributed by atoms with Crippen molar-refractivity contribution in [2.24, 2.45) is 0 Å². The first kappa shape index (κ1) is 18.3. The fourth-order valence-electron chi connectivity index (χ4n) is 2.82. The van der Waals surface area contributed by atoms with Gasteiger partial charge in [0.25, 0.3) is 0 Å². The molecule has 2 aromatic carbocycles. The average Bonchev–Trinajstić information content (AvgIpc) is 2.73. The molecule has 3 rings (SSSR count). The SMILES string of the molecule is O=C(CNC(=O)C(c1ccccc1)c1ccccc1)NCc1ccncc1. The van der Waals surface area contributed by atoms with Crippen molar-refractivity contribution < 1.29 is 9.59 Å². The summed E-state index contributed by atoms with van der Waals surface area (Å²) in [4.78, 5) is 28.8. The van der Waals surface area contributed by atoms with Crippen LogP contribution in [0.4, 0.5) is 0 Å². The van der Waals surface area contributed by atoms with Crippen LogP contribution in [-0.4, -0.2) is 23.3 Å². The highest BCUT2D eigenvalue weighted by atomic mass is 16.2. The van der Waals surface area contributed by atoms with E-state index >= 15 is 0 Å². The van der Waals surface area contributed by atoms with Gasteiger partial charge in [0.05, 0.1) is 12.5 Å². The zero-order chi connectivity index (χ0) is 18.9. The third kappa shape index (κ3) is 5.25. The van der Waals surface area contributed by atoms with Crippen molar-refractivity contribution in [3.63, 3.8) is 0 Å². The second kappa shape index (κ2) is 9.29. The number of pyridine rings is 1. The molecule has 0 atom stereocenters. The Morgan fingerprint density at radius 1 is 0.778 bits per heavy atom. The molecule has 0 bridgehead atoms. The molecule has 0 unspecified atom stereocenters. The Hall–Kier alpha value is -3.47. The maximum atomic E-state index is 12.8. The second-order valence-corrected chi connectivity index (χ2v) is 6.10. The van der Waals surface area contributed by atoms with E-state index in [1.165, 1.54) is 0 Å². The Bertz CT molecular complexity index is 828. The van der Waals surface area contributed by atoms with Gasteiger partial charge in [-0.15, -0.1) is 0 Å². The molecule has 0 saturated carbocycles. The van der Waals surface area contributed by atoms with Crippen molar-refractivity contribution in [3.8, 4) is 0 Å². The Morgan fingerprint density at radius 3 is 1.89 bits per heavy atom. The number of carbonyl (C=O) groups excluding carboxylic acids is 2. The monoisotopic (exact) mass is 359 g/mol. The molecule has 5 nitrogen and oxygen atoms in total. The standard InChI is InChI=1S/C22H21N3O2/c26-20(24-15-17-11-13-23-14-12-17)16-25-22(27)21(18-7-3-1-4-8-18)19-9-5-2-6-10-19/h1-14,21H,15-16H2,(H,24,26)(H,25,27). The zero-order valence-corrected chi connectivity index (χ0v) is 14.8. The number of carbonyl (C=O) groups is 2. The number of nitrogens with one attached hydrogen (secondary N) is 2. The molecule has 2 amide bonds. The van der Waals surface area contributed by atoms with E-state index in [-0.39, 0.29) is 18.4 Å². The maximum absolute atomic E-state index is 12.8. The van der Waals surface area contributed by atoms with Gasteiger partial charge in [0, 0.05) is 18.9 Å². The van der Waals surface area contributed by atoms with Crippen molar-refractivity contribution in [1.29, 1.82) is 0 Å². The summed E-state index contributed by atoms with van der Waals surface area (Å²) < 4.78 is 0. The van der Waals surface area contributed by atoms with Gasteiger partial charge in [-0.25, -0.2) is 0 Å². The number of hydrogen-bond donors (Lipinski definition) is 2. The van der Waals surface area contributed by atoms with Crippen LogP contribution in [-0.2, 0) is 16.1 Å². The van der Waals surface area contributed by atoms with Crippen LogP contribution in [0.15, 0.2) is 85.2 Å². The third-order valence-electron chi connectivity index (χ3n) is 4.19. The van der Waals surface area contributed by atoms with Crippen LogP contribution < -0.4 is 10.6 Å². The summed E-state index contributed by atoms with van der Waals surface area (Å²) in [5, 5.41) is 5.54. The Morgan fingerprint density at radius 2 is 1.33 bits per heavy atom. The molecule has 0 spiro atoms. The number of nitrogens with zero attached hydrogens (tertiary/aromatic N) is 1. The summed E-state index contributed by atoms with van der Waals surface area (Å²) in [5.41, 5.74) is 2.73. The van der Waals surface area contributed by atoms with E-state index in [9.17, 15) is 9.59 Å². The Kier molecular flexibility index (Phi) is 6.30. The topological polar surface area (TPSA) is 71.1 Å². The molecule has 0 aliphatic carbocycles. The fourth-order valence-corrected chi connectivity index (χ4v) is 2.82. The van der Waals surface area contributed by atoms with Crippen molar-refractivity contribution >= 4 is 11.8 Å². The van der Waals surface area contributed by atoms with Gasteiger partial charge in [0.2, 0.25) is 11.8 Å². The lowest BCUT2D eigenvalue weighted by Gasteiger charge is -2.17. The summed E-state index contributed by atoms with van der Waals surface area (Å²) >= 11 is 0. The van der Waals surface area contributed by atoms with Gasteiger partial charge in [-0.3, -0.25) is 14.6 Å². The van der Waals surface area contributed by atoms with Crippen molar-refractivity contribution in [3.05, 3.63) is 102 Å². The van der Waals surface area contributed by atoms with Gasteiger partial charge >= 0.3 is 0 Å². The summed E-state index contributed by atoms with van der Waals surface area (Å²) in [7, 11) is 0. The summed E-state index contributed by atoms with van der Waals surface area (Å²) in [6.45, 7) is 0.331. The smallest absolute Gasteiger partial charge is 0.239 e. The van der Waals surface area contributed by atoms with Crippen LogP contribution >= 0.6 is 0 Å². The van der Waals surface area contributed by atoms with Crippen molar-refractivity contribution in [2.75, 3.05) is 6.54 Å². The molecule has 0 aliphatic heterocycles. The highest BCUT2D eigenvalue weighted by molar-refractivity contribution is 5.90. The minimum absolute atomic E-state index is 0.0694. The minimum atomic E-state index is -0.458. The first-order chi connectivity index (χ1) is 13.2. The Balaban J connectivity index is 1.62. The number of hydrogen-bond acceptors (Lipinski definition) is 3. The van der Waals surface area contributed by atoms with E-state index in [1.54, 1.807) is 12.4 Å². The largest absolute Gasteiger partial charge is 0.350 e. The van der Waals surface area contributed by atoms with E-state index in [2.05, 4.69) is 15.6 Å². The van der Waals surface area contributed by atoms with Gasteiger partial charge in [0.1, 0.15) is 0 Å². The number of benzene rings is 2. The molecule has 3 aromatic rings. The minimum Gasteiger partial charge on any atom is -0.350 e. The highest BCUT2D eigenvalue weighted by Crippen LogP contribution is 2.24. The van der Waals surface area contributed by atoms with Crippen LogP contribution in [0, 0.1) is 0 Å². The number of amides is 2. The van der Waals surface area contributed by atoms with Crippen molar-refractivity contribution in [2.45, 2.75) is 12.5 Å². The molecule has 27 heavy (non-hydrogen) atoms. The van der Waals surface area contributed by atoms with Crippen LogP contribution in [0.3, 0.4) is 0 Å². The van der Waals surface area contributed by atoms with E-state index in [1.807, 2.05) is 72.8 Å². The van der Waals surface area contributed by atoms with Crippen LogP contribution in [0.5, 0.6) is 0 Å². The van der Waals surface area contributed by atoms with Gasteiger partial charge in [-0.05, 0) is 28.8 Å². The molecular formula is C22H21N3O2. The van der Waals surface area contributed by atoms with Crippen LogP contribution in [0.1, 0.15) is 22.6 Å². The molecule has 1 aromatic heterocycles. The fraction of sp³-hybridized carbons (Fsp3) is 0.136. The van der Waals surface area contributed by atoms with E-state index in [0.29, 0.717) is 6.54 Å². The van der Waals surface area contributed by atoms with E-state index in [0.717, 1.165) is 16.7 Å². The zero-order valence-electron chi connectivity index (χ0n) is 14.8. The van der Waals surface area contributed by atoms with Crippen LogP contribution in [0.25, 0.3) is 0 Å². The maximum Gasteiger partial charge on any atom is 0.239 e. The lowest BCUT2D eigenvalue weighted by Crippen LogP contribution is -2.39. The highest BCUT2D eigenvalue weighted by Gasteiger charge is 2.22. The average molecular weight is 359 g/mol. The summed E-state index contributed by atoms with van der Waals surface area (Å²) in [5.74, 6) is -0.896. The molecule has 0 saturated heterocycles.